The molecule has 27 heavy (non-hydrogen) atoms. The number of amides is 1. The van der Waals surface area contributed by atoms with Crippen LogP contribution in [0.5, 0.6) is 0 Å². The Balaban J connectivity index is 1.49. The molecule has 0 spiro atoms. The Morgan fingerprint density at radius 1 is 1.41 bits per heavy atom. The molecule has 0 aliphatic carbocycles. The summed E-state index contributed by atoms with van der Waals surface area (Å²) in [6, 6.07) is 8.50. The molecule has 1 aliphatic rings. The van der Waals surface area contributed by atoms with E-state index in [0.717, 1.165) is 10.6 Å². The van der Waals surface area contributed by atoms with Crippen molar-refractivity contribution < 1.29 is 18.7 Å². The molecule has 0 bridgehead atoms. The van der Waals surface area contributed by atoms with E-state index >= 15 is 0 Å². The highest BCUT2D eigenvalue weighted by molar-refractivity contribution is 7.12. The van der Waals surface area contributed by atoms with Crippen molar-refractivity contribution in [2.24, 2.45) is 5.10 Å². The van der Waals surface area contributed by atoms with Gasteiger partial charge in [-0.15, -0.1) is 11.3 Å². The quantitative estimate of drug-likeness (QED) is 0.655. The van der Waals surface area contributed by atoms with Crippen LogP contribution < -0.4 is 0 Å². The minimum absolute atomic E-state index is 0.180. The van der Waals surface area contributed by atoms with E-state index in [2.05, 4.69) is 10.1 Å². The number of thiophene rings is 1. The zero-order valence-electron chi connectivity index (χ0n) is 13.9. The molecule has 4 heterocycles. The van der Waals surface area contributed by atoms with E-state index in [0.29, 0.717) is 17.2 Å². The third kappa shape index (κ3) is 3.67. The van der Waals surface area contributed by atoms with Crippen molar-refractivity contribution in [3.05, 3.63) is 69.5 Å². The number of furan rings is 1. The van der Waals surface area contributed by atoms with Gasteiger partial charge >= 0.3 is 5.97 Å². The molecule has 1 atom stereocenters. The van der Waals surface area contributed by atoms with E-state index < -0.39 is 18.5 Å². The number of rotatable bonds is 5. The number of aromatic amines is 1. The Morgan fingerprint density at radius 3 is 2.96 bits per heavy atom. The van der Waals surface area contributed by atoms with E-state index in [-0.39, 0.29) is 11.7 Å². The number of hydrogen-bond donors (Lipinski definition) is 1. The lowest BCUT2D eigenvalue weighted by Gasteiger charge is -2.19. The zero-order valence-corrected chi connectivity index (χ0v) is 15.5. The summed E-state index contributed by atoms with van der Waals surface area (Å²) in [6.45, 7) is -0.437. The molecule has 3 aromatic heterocycles. The first kappa shape index (κ1) is 17.6. The summed E-state index contributed by atoms with van der Waals surface area (Å²) in [6.07, 6.45) is 3.54. The highest BCUT2D eigenvalue weighted by Gasteiger charge is 2.35. The largest absolute Gasteiger partial charge is 0.467 e. The summed E-state index contributed by atoms with van der Waals surface area (Å²) < 4.78 is 10.6. The van der Waals surface area contributed by atoms with E-state index in [1.165, 1.54) is 17.3 Å². The summed E-state index contributed by atoms with van der Waals surface area (Å²) in [7, 11) is 0. The summed E-state index contributed by atoms with van der Waals surface area (Å²) in [4.78, 5) is 28.3. The fourth-order valence-corrected chi connectivity index (χ4v) is 3.68. The normalized spacial score (nSPS) is 16.4. The van der Waals surface area contributed by atoms with Gasteiger partial charge in [0.25, 0.3) is 5.91 Å². The number of esters is 1. The maximum atomic E-state index is 12.7. The first-order chi connectivity index (χ1) is 13.1. The van der Waals surface area contributed by atoms with Crippen LogP contribution in [-0.2, 0) is 9.53 Å². The number of hydrazone groups is 1. The van der Waals surface area contributed by atoms with Crippen LogP contribution in [0.15, 0.2) is 57.7 Å². The van der Waals surface area contributed by atoms with E-state index in [1.807, 2.05) is 17.5 Å². The van der Waals surface area contributed by atoms with Gasteiger partial charge in [-0.05, 0) is 29.6 Å². The van der Waals surface area contributed by atoms with Gasteiger partial charge in [0.2, 0.25) is 0 Å². The second kappa shape index (κ2) is 7.42. The Morgan fingerprint density at radius 2 is 2.30 bits per heavy atom. The Hall–Kier alpha value is -2.84. The zero-order chi connectivity index (χ0) is 18.8. The van der Waals surface area contributed by atoms with Gasteiger partial charge in [-0.25, -0.2) is 9.80 Å². The SMILES string of the molecule is O=C(OCC(=O)N1N=C(c2cccs2)CC1c1ccco1)c1cc(Cl)c[nH]1. The monoisotopic (exact) mass is 403 g/mol. The molecule has 1 N–H and O–H groups in total. The summed E-state index contributed by atoms with van der Waals surface area (Å²) in [5, 5.41) is 8.11. The highest BCUT2D eigenvalue weighted by Crippen LogP contribution is 2.34. The molecule has 9 heteroatoms. The molecular formula is C18H14ClN3O4S. The molecule has 0 saturated carbocycles. The molecule has 4 rings (SSSR count). The van der Waals surface area contributed by atoms with Crippen molar-refractivity contribution in [1.29, 1.82) is 0 Å². The predicted molar refractivity (Wildman–Crippen MR) is 99.9 cm³/mol. The number of ether oxygens (including phenoxy) is 1. The average molecular weight is 404 g/mol. The molecule has 0 radical (unpaired) electrons. The van der Waals surface area contributed by atoms with Crippen molar-refractivity contribution in [3.8, 4) is 0 Å². The lowest BCUT2D eigenvalue weighted by Crippen LogP contribution is -2.31. The number of nitrogens with zero attached hydrogens (tertiary/aromatic N) is 2. The number of carbonyl (C=O) groups excluding carboxylic acids is 2. The fourth-order valence-electron chi connectivity index (χ4n) is 2.79. The van der Waals surface area contributed by atoms with E-state index in [1.54, 1.807) is 29.7 Å². The molecular weight excluding hydrogens is 390 g/mol. The van der Waals surface area contributed by atoms with Crippen LogP contribution in [0.4, 0.5) is 0 Å². The molecule has 1 amide bonds. The van der Waals surface area contributed by atoms with Crippen LogP contribution in [0.25, 0.3) is 0 Å². The van der Waals surface area contributed by atoms with Gasteiger partial charge in [0, 0.05) is 12.6 Å². The Labute approximate surface area is 163 Å². The maximum absolute atomic E-state index is 12.7. The van der Waals surface area contributed by atoms with Crippen molar-refractivity contribution in [2.45, 2.75) is 12.5 Å². The molecule has 0 saturated heterocycles. The van der Waals surface area contributed by atoms with Crippen LogP contribution in [0.1, 0.15) is 33.6 Å². The molecule has 1 aliphatic heterocycles. The summed E-state index contributed by atoms with van der Waals surface area (Å²) in [5.74, 6) is -0.471. The molecule has 1 unspecified atom stereocenters. The summed E-state index contributed by atoms with van der Waals surface area (Å²) in [5.41, 5.74) is 0.974. The van der Waals surface area contributed by atoms with Gasteiger partial charge in [-0.3, -0.25) is 4.79 Å². The highest BCUT2D eigenvalue weighted by atomic mass is 35.5. The first-order valence-corrected chi connectivity index (χ1v) is 9.35. The second-order valence-corrected chi connectivity index (χ2v) is 7.19. The first-order valence-electron chi connectivity index (χ1n) is 8.09. The van der Waals surface area contributed by atoms with Gasteiger partial charge in [0.15, 0.2) is 6.61 Å². The van der Waals surface area contributed by atoms with Gasteiger partial charge in [-0.2, -0.15) is 5.10 Å². The Kier molecular flexibility index (Phi) is 4.83. The van der Waals surface area contributed by atoms with Gasteiger partial charge < -0.3 is 14.1 Å². The Bertz CT molecular complexity index is 978. The number of carbonyl (C=O) groups is 2. The molecule has 138 valence electrons. The smallest absolute Gasteiger partial charge is 0.355 e. The van der Waals surface area contributed by atoms with E-state index in [9.17, 15) is 9.59 Å². The fraction of sp³-hybridized carbons (Fsp3) is 0.167. The van der Waals surface area contributed by atoms with Crippen LogP contribution in [0.3, 0.4) is 0 Å². The molecule has 3 aromatic rings. The van der Waals surface area contributed by atoms with Crippen LogP contribution >= 0.6 is 22.9 Å². The standard InChI is InChI=1S/C18H14ClN3O4S/c19-11-7-13(20-9-11)18(24)26-10-17(23)22-14(15-3-1-5-25-15)8-12(21-22)16-4-2-6-27-16/h1-7,9,14,20H,8,10H2. The topological polar surface area (TPSA) is 87.9 Å². The van der Waals surface area contributed by atoms with Gasteiger partial charge in [0.1, 0.15) is 17.5 Å². The number of halogens is 1. The molecule has 0 aromatic carbocycles. The van der Waals surface area contributed by atoms with Crippen molar-refractivity contribution >= 4 is 40.5 Å². The number of nitrogens with one attached hydrogen (secondary N) is 1. The van der Waals surface area contributed by atoms with Crippen LogP contribution in [-0.4, -0.2) is 34.2 Å². The number of H-pyrrole nitrogens is 1. The predicted octanol–water partition coefficient (Wildman–Crippen LogP) is 3.86. The second-order valence-electron chi connectivity index (χ2n) is 5.81. The number of aromatic nitrogens is 1. The van der Waals surface area contributed by atoms with Crippen molar-refractivity contribution in [3.63, 3.8) is 0 Å². The van der Waals surface area contributed by atoms with Crippen molar-refractivity contribution in [1.82, 2.24) is 9.99 Å². The third-order valence-corrected chi connectivity index (χ3v) is 5.17. The lowest BCUT2D eigenvalue weighted by molar-refractivity contribution is -0.136. The molecule has 7 nitrogen and oxygen atoms in total. The number of hydrogen-bond acceptors (Lipinski definition) is 6. The minimum Gasteiger partial charge on any atom is -0.467 e. The molecule has 0 fully saturated rings. The van der Waals surface area contributed by atoms with E-state index in [4.69, 9.17) is 20.8 Å². The van der Waals surface area contributed by atoms with Crippen LogP contribution in [0, 0.1) is 0 Å². The third-order valence-electron chi connectivity index (χ3n) is 4.04. The lowest BCUT2D eigenvalue weighted by atomic mass is 10.1. The van der Waals surface area contributed by atoms with Gasteiger partial charge in [0.05, 0.1) is 21.9 Å². The van der Waals surface area contributed by atoms with Crippen molar-refractivity contribution in [2.75, 3.05) is 6.61 Å². The average Bonchev–Trinajstić information content (AvgIpc) is 3.45. The van der Waals surface area contributed by atoms with Crippen LogP contribution in [0.2, 0.25) is 5.02 Å². The summed E-state index contributed by atoms with van der Waals surface area (Å²) >= 11 is 7.32. The minimum atomic E-state index is -0.661. The maximum Gasteiger partial charge on any atom is 0.355 e. The van der Waals surface area contributed by atoms with Gasteiger partial charge in [-0.1, -0.05) is 17.7 Å².